The van der Waals surface area contributed by atoms with Crippen molar-refractivity contribution in [3.8, 4) is 23.0 Å². The summed E-state index contributed by atoms with van der Waals surface area (Å²) in [6.45, 7) is 5.30. The van der Waals surface area contributed by atoms with Gasteiger partial charge in [-0.25, -0.2) is 0 Å². The minimum atomic E-state index is -0.342. The molecule has 0 aliphatic heterocycles. The maximum absolute atomic E-state index is 12.5. The fourth-order valence-electron chi connectivity index (χ4n) is 2.69. The second-order valence-corrected chi connectivity index (χ2v) is 6.41. The number of amides is 1. The summed E-state index contributed by atoms with van der Waals surface area (Å²) in [5, 5.41) is 10.5. The van der Waals surface area contributed by atoms with Crippen molar-refractivity contribution in [1.29, 1.82) is 0 Å². The lowest BCUT2D eigenvalue weighted by Crippen LogP contribution is -2.12. The van der Waals surface area contributed by atoms with Crippen molar-refractivity contribution < 1.29 is 18.7 Å². The van der Waals surface area contributed by atoms with E-state index in [0.29, 0.717) is 30.4 Å². The molecule has 3 aromatic rings. The molecule has 0 fully saturated rings. The smallest absolute Gasteiger partial charge is 0.322 e. The average Bonchev–Trinajstić information content (AvgIpc) is 3.21. The van der Waals surface area contributed by atoms with Crippen LogP contribution in [0.5, 0.6) is 11.5 Å². The average molecular weight is 395 g/mol. The summed E-state index contributed by atoms with van der Waals surface area (Å²) in [7, 11) is 0. The molecule has 1 aromatic heterocycles. The van der Waals surface area contributed by atoms with Gasteiger partial charge in [-0.2, -0.15) is 0 Å². The fourth-order valence-corrected chi connectivity index (χ4v) is 2.69. The Bertz CT molecular complexity index is 922. The summed E-state index contributed by atoms with van der Waals surface area (Å²) in [6.07, 6.45) is 3.24. The highest BCUT2D eigenvalue weighted by Gasteiger charge is 2.13. The van der Waals surface area contributed by atoms with Gasteiger partial charge < -0.3 is 13.9 Å². The number of hydrogen-bond acceptors (Lipinski definition) is 6. The largest absolute Gasteiger partial charge is 0.494 e. The van der Waals surface area contributed by atoms with Crippen molar-refractivity contribution in [3.05, 3.63) is 54.1 Å². The van der Waals surface area contributed by atoms with Gasteiger partial charge in [0.05, 0.1) is 13.2 Å². The molecule has 0 bridgehead atoms. The Labute approximate surface area is 170 Å². The normalized spacial score (nSPS) is 10.6. The Hall–Kier alpha value is -3.35. The highest BCUT2D eigenvalue weighted by molar-refractivity contribution is 6.03. The van der Waals surface area contributed by atoms with Crippen LogP contribution in [0.4, 0.5) is 6.01 Å². The second-order valence-electron chi connectivity index (χ2n) is 6.41. The van der Waals surface area contributed by atoms with Crippen molar-refractivity contribution in [3.63, 3.8) is 0 Å². The van der Waals surface area contributed by atoms with Crippen LogP contribution in [-0.2, 0) is 0 Å². The van der Waals surface area contributed by atoms with Crippen LogP contribution in [0, 0.1) is 0 Å². The van der Waals surface area contributed by atoms with E-state index in [1.54, 1.807) is 18.2 Å². The first kappa shape index (κ1) is 20.4. The molecule has 1 heterocycles. The number of nitrogens with one attached hydrogen (secondary N) is 1. The molecule has 0 saturated carbocycles. The number of nitrogens with zero attached hydrogens (tertiary/aromatic N) is 2. The number of rotatable bonds is 10. The molecule has 0 atom stereocenters. The van der Waals surface area contributed by atoms with Crippen LogP contribution in [-0.4, -0.2) is 29.3 Å². The third-order valence-corrected chi connectivity index (χ3v) is 4.17. The van der Waals surface area contributed by atoms with Crippen molar-refractivity contribution in [1.82, 2.24) is 10.2 Å². The number of ether oxygens (including phenoxy) is 2. The first-order valence-corrected chi connectivity index (χ1v) is 9.80. The molecule has 0 unspecified atom stereocenters. The van der Waals surface area contributed by atoms with Crippen molar-refractivity contribution >= 4 is 11.9 Å². The number of benzene rings is 2. The Kier molecular flexibility index (Phi) is 7.22. The predicted octanol–water partition coefficient (Wildman–Crippen LogP) is 4.96. The minimum Gasteiger partial charge on any atom is -0.494 e. The van der Waals surface area contributed by atoms with Gasteiger partial charge in [-0.05, 0) is 55.8 Å². The Morgan fingerprint density at radius 2 is 1.83 bits per heavy atom. The molecule has 0 radical (unpaired) electrons. The van der Waals surface area contributed by atoms with E-state index in [1.807, 2.05) is 37.3 Å². The number of hydrogen-bond donors (Lipinski definition) is 1. The Morgan fingerprint density at radius 3 is 2.59 bits per heavy atom. The van der Waals surface area contributed by atoms with E-state index in [0.717, 1.165) is 30.6 Å². The van der Waals surface area contributed by atoms with Gasteiger partial charge in [0.15, 0.2) is 0 Å². The Balaban J connectivity index is 1.61. The molecule has 1 N–H and O–H groups in total. The van der Waals surface area contributed by atoms with E-state index in [1.165, 1.54) is 0 Å². The summed E-state index contributed by atoms with van der Waals surface area (Å²) < 4.78 is 16.7. The molecule has 0 saturated heterocycles. The summed E-state index contributed by atoms with van der Waals surface area (Å²) in [5.74, 6) is 1.40. The molecular weight excluding hydrogens is 370 g/mol. The second kappa shape index (κ2) is 10.3. The third kappa shape index (κ3) is 5.81. The molecule has 0 spiro atoms. The lowest BCUT2D eigenvalue weighted by atomic mass is 10.2. The highest BCUT2D eigenvalue weighted by Crippen LogP contribution is 2.23. The van der Waals surface area contributed by atoms with Crippen molar-refractivity contribution in [2.24, 2.45) is 0 Å². The van der Waals surface area contributed by atoms with E-state index < -0.39 is 0 Å². The first-order valence-electron chi connectivity index (χ1n) is 9.80. The number of carbonyl (C=O) groups excluding carboxylic acids is 1. The molecular formula is C22H25N3O4. The van der Waals surface area contributed by atoms with E-state index in [2.05, 4.69) is 22.4 Å². The zero-order valence-electron chi connectivity index (χ0n) is 16.7. The van der Waals surface area contributed by atoms with Crippen LogP contribution in [0.25, 0.3) is 11.5 Å². The van der Waals surface area contributed by atoms with E-state index in [9.17, 15) is 4.79 Å². The molecule has 3 rings (SSSR count). The van der Waals surface area contributed by atoms with E-state index in [4.69, 9.17) is 13.9 Å². The maximum atomic E-state index is 12.5. The predicted molar refractivity (Wildman–Crippen MR) is 110 cm³/mol. The van der Waals surface area contributed by atoms with Gasteiger partial charge in [-0.3, -0.25) is 10.1 Å². The van der Waals surface area contributed by atoms with Crippen molar-refractivity contribution in [2.45, 2.75) is 33.1 Å². The van der Waals surface area contributed by atoms with Crippen LogP contribution in [0.15, 0.2) is 52.9 Å². The van der Waals surface area contributed by atoms with Gasteiger partial charge in [0, 0.05) is 11.1 Å². The lowest BCUT2D eigenvalue weighted by Gasteiger charge is -2.07. The molecule has 2 aromatic carbocycles. The molecule has 7 heteroatoms. The number of unbranched alkanes of at least 4 members (excludes halogenated alkanes) is 2. The Morgan fingerprint density at radius 1 is 1.00 bits per heavy atom. The number of aromatic nitrogens is 2. The van der Waals surface area contributed by atoms with Gasteiger partial charge in [0.1, 0.15) is 11.5 Å². The zero-order valence-corrected chi connectivity index (χ0v) is 16.7. The van der Waals surface area contributed by atoms with Crippen LogP contribution in [0.2, 0.25) is 0 Å². The third-order valence-electron chi connectivity index (χ3n) is 4.17. The molecule has 29 heavy (non-hydrogen) atoms. The fraction of sp³-hybridized carbons (Fsp3) is 0.318. The maximum Gasteiger partial charge on any atom is 0.322 e. The first-order chi connectivity index (χ1) is 14.2. The van der Waals surface area contributed by atoms with Gasteiger partial charge in [0.2, 0.25) is 5.89 Å². The lowest BCUT2D eigenvalue weighted by molar-refractivity contribution is 0.102. The van der Waals surface area contributed by atoms with Gasteiger partial charge >= 0.3 is 6.01 Å². The summed E-state index contributed by atoms with van der Waals surface area (Å²) in [4.78, 5) is 12.5. The van der Waals surface area contributed by atoms with E-state index >= 15 is 0 Å². The van der Waals surface area contributed by atoms with Crippen LogP contribution in [0.3, 0.4) is 0 Å². The minimum absolute atomic E-state index is 0.0353. The summed E-state index contributed by atoms with van der Waals surface area (Å²) in [5.41, 5.74) is 1.20. The zero-order chi connectivity index (χ0) is 20.5. The highest BCUT2D eigenvalue weighted by atomic mass is 16.5. The number of anilines is 1. The monoisotopic (exact) mass is 395 g/mol. The topological polar surface area (TPSA) is 86.5 Å². The molecule has 0 aliphatic rings. The quantitative estimate of drug-likeness (QED) is 0.489. The molecule has 1 amide bonds. The van der Waals surface area contributed by atoms with Crippen LogP contribution < -0.4 is 14.8 Å². The standard InChI is InChI=1S/C22H25N3O4/c1-3-5-6-14-28-19-9-7-8-17(15-19)20(26)23-22-25-24-21(29-22)16-10-12-18(13-11-16)27-4-2/h7-13,15H,3-6,14H2,1-2H3,(H,23,25,26). The molecule has 0 aliphatic carbocycles. The SMILES string of the molecule is CCCCCOc1cccc(C(=O)Nc2nnc(-c3ccc(OCC)cc3)o2)c1. The number of carbonyl (C=O) groups is 1. The summed E-state index contributed by atoms with van der Waals surface area (Å²) >= 11 is 0. The van der Waals surface area contributed by atoms with Gasteiger partial charge in [-0.15, -0.1) is 5.10 Å². The van der Waals surface area contributed by atoms with Crippen LogP contribution in [0.1, 0.15) is 43.5 Å². The van der Waals surface area contributed by atoms with E-state index in [-0.39, 0.29) is 11.9 Å². The van der Waals surface area contributed by atoms with Crippen molar-refractivity contribution in [2.75, 3.05) is 18.5 Å². The molecule has 152 valence electrons. The van der Waals surface area contributed by atoms with Gasteiger partial charge in [-0.1, -0.05) is 30.9 Å². The summed E-state index contributed by atoms with van der Waals surface area (Å²) in [6, 6.07) is 14.4. The van der Waals surface area contributed by atoms with Crippen LogP contribution >= 0.6 is 0 Å². The van der Waals surface area contributed by atoms with Gasteiger partial charge in [0.25, 0.3) is 5.91 Å². The molecule has 7 nitrogen and oxygen atoms in total.